The molecule has 2 heterocycles. The van der Waals surface area contributed by atoms with Crippen LogP contribution < -0.4 is 5.32 Å². The minimum atomic E-state index is -0.549. The van der Waals surface area contributed by atoms with Gasteiger partial charge in [0.05, 0.1) is 0 Å². The molecule has 0 aromatic heterocycles. The summed E-state index contributed by atoms with van der Waals surface area (Å²) >= 11 is 6.69. The van der Waals surface area contributed by atoms with Crippen LogP contribution in [0.15, 0.2) is 35.6 Å². The fourth-order valence-corrected chi connectivity index (χ4v) is 5.22. The maximum absolute atomic E-state index is 13.1. The number of nitrogens with zero attached hydrogens (tertiary/aromatic N) is 2. The average molecular weight is 374 g/mol. The summed E-state index contributed by atoms with van der Waals surface area (Å²) < 4.78 is 0. The molecule has 0 bridgehead atoms. The van der Waals surface area contributed by atoms with Gasteiger partial charge in [0.1, 0.15) is 16.9 Å². The van der Waals surface area contributed by atoms with E-state index in [0.717, 1.165) is 18.4 Å². The van der Waals surface area contributed by atoms with Crippen LogP contribution in [0.2, 0.25) is 0 Å². The maximum atomic E-state index is 13.1. The van der Waals surface area contributed by atoms with Gasteiger partial charge in [-0.3, -0.25) is 10.1 Å². The van der Waals surface area contributed by atoms with E-state index in [2.05, 4.69) is 60.2 Å². The highest BCUT2D eigenvalue weighted by Crippen LogP contribution is 2.48. The number of ketones is 1. The third kappa shape index (κ3) is 2.57. The van der Waals surface area contributed by atoms with Gasteiger partial charge in [0.25, 0.3) is 0 Å². The minimum absolute atomic E-state index is 0.0616. The Bertz CT molecular complexity index is 752. The largest absolute Gasteiger partial charge is 0.375 e. The number of nitrogens with one attached hydrogen (secondary N) is 1. The van der Waals surface area contributed by atoms with Gasteiger partial charge in [-0.15, -0.1) is 0 Å². The molecule has 4 rings (SSSR count). The molecule has 0 amide bonds. The van der Waals surface area contributed by atoms with E-state index >= 15 is 0 Å². The summed E-state index contributed by atoms with van der Waals surface area (Å²) in [6.07, 6.45) is 4.48. The number of benzene rings is 1. The molecule has 2 fully saturated rings. The number of likely N-dealkylation sites (N-methyl/N-ethyl adjacent to an activating group) is 1. The summed E-state index contributed by atoms with van der Waals surface area (Å²) in [7, 11) is 2.00. The first-order valence-corrected chi connectivity index (χ1v) is 9.88. The third-order valence-electron chi connectivity index (χ3n) is 6.14. The molecule has 0 radical (unpaired) electrons. The summed E-state index contributed by atoms with van der Waals surface area (Å²) in [4.78, 5) is 17.3. The number of hydrogen-bond acceptors (Lipinski definition) is 4. The van der Waals surface area contributed by atoms with E-state index in [-0.39, 0.29) is 17.6 Å². The number of halogens is 1. The fraction of sp³-hybridized carbons (Fsp3) is 0.571. The second-order valence-electron chi connectivity index (χ2n) is 8.97. The Morgan fingerprint density at radius 3 is 2.58 bits per heavy atom. The number of hydrogen-bond donors (Lipinski definition) is 1. The van der Waals surface area contributed by atoms with E-state index in [1.54, 1.807) is 0 Å². The van der Waals surface area contributed by atoms with E-state index in [0.29, 0.717) is 23.9 Å². The smallest absolute Gasteiger partial charge is 0.161 e. The molecule has 5 heteroatoms. The molecular weight excluding hydrogens is 346 g/mol. The highest BCUT2D eigenvalue weighted by atomic mass is 35.5. The lowest BCUT2D eigenvalue weighted by Gasteiger charge is -2.49. The van der Waals surface area contributed by atoms with Crippen molar-refractivity contribution in [3.8, 4) is 0 Å². The van der Waals surface area contributed by atoms with Crippen LogP contribution in [-0.4, -0.2) is 40.8 Å². The van der Waals surface area contributed by atoms with Crippen LogP contribution in [0.4, 0.5) is 0 Å². The lowest BCUT2D eigenvalue weighted by Crippen LogP contribution is -2.65. The highest BCUT2D eigenvalue weighted by Gasteiger charge is 2.61. The molecule has 1 saturated carbocycles. The van der Waals surface area contributed by atoms with E-state index in [1.165, 1.54) is 5.56 Å². The van der Waals surface area contributed by atoms with Crippen molar-refractivity contribution in [3.63, 3.8) is 0 Å². The quantitative estimate of drug-likeness (QED) is 0.761. The molecule has 1 saturated heterocycles. The Morgan fingerprint density at radius 2 is 1.92 bits per heavy atom. The zero-order valence-electron chi connectivity index (χ0n) is 16.1. The molecule has 1 spiro atoms. The van der Waals surface area contributed by atoms with E-state index in [1.807, 2.05) is 13.2 Å². The Kier molecular flexibility index (Phi) is 4.12. The van der Waals surface area contributed by atoms with Crippen LogP contribution in [0.1, 0.15) is 57.3 Å². The van der Waals surface area contributed by atoms with Crippen LogP contribution >= 0.6 is 11.6 Å². The Hall–Kier alpha value is -1.52. The molecule has 1 aromatic rings. The second kappa shape index (κ2) is 6.00. The van der Waals surface area contributed by atoms with Crippen molar-refractivity contribution >= 4 is 17.4 Å². The minimum Gasteiger partial charge on any atom is -0.375 e. The second-order valence-corrected chi connectivity index (χ2v) is 9.36. The molecule has 1 N–H and O–H groups in total. The predicted molar refractivity (Wildman–Crippen MR) is 105 cm³/mol. The standard InChI is InChI=1S/C21H28ClN3O/c1-20(2,3)15-10-8-14(9-11-15)19-23-16-6-5-7-17(26)21(16)13-24(4)12-18(22)25(19)21/h8-12,16,19,23H,5-7,13H2,1-4H3. The highest BCUT2D eigenvalue weighted by molar-refractivity contribution is 6.29. The first kappa shape index (κ1) is 17.9. The van der Waals surface area contributed by atoms with Gasteiger partial charge in [0.2, 0.25) is 0 Å². The number of carbonyl (C=O) groups is 1. The Morgan fingerprint density at radius 1 is 1.23 bits per heavy atom. The summed E-state index contributed by atoms with van der Waals surface area (Å²) in [5.41, 5.74) is 2.04. The molecular formula is C21H28ClN3O. The first-order chi connectivity index (χ1) is 12.2. The number of rotatable bonds is 1. The summed E-state index contributed by atoms with van der Waals surface area (Å²) in [6.45, 7) is 7.35. The topological polar surface area (TPSA) is 35.6 Å². The van der Waals surface area contributed by atoms with Crippen molar-refractivity contribution < 1.29 is 4.79 Å². The zero-order valence-corrected chi connectivity index (χ0v) is 16.8. The molecule has 2 aliphatic heterocycles. The Labute approximate surface area is 161 Å². The van der Waals surface area contributed by atoms with Gasteiger partial charge in [-0.2, -0.15) is 0 Å². The van der Waals surface area contributed by atoms with Gasteiger partial charge in [-0.25, -0.2) is 0 Å². The van der Waals surface area contributed by atoms with Crippen LogP contribution in [0.3, 0.4) is 0 Å². The molecule has 26 heavy (non-hydrogen) atoms. The maximum Gasteiger partial charge on any atom is 0.161 e. The van der Waals surface area contributed by atoms with Crippen molar-refractivity contribution in [1.82, 2.24) is 15.1 Å². The van der Waals surface area contributed by atoms with Gasteiger partial charge < -0.3 is 9.80 Å². The van der Waals surface area contributed by atoms with Crippen LogP contribution in [-0.2, 0) is 10.2 Å². The van der Waals surface area contributed by atoms with E-state index in [9.17, 15) is 4.79 Å². The third-order valence-corrected chi connectivity index (χ3v) is 6.42. The van der Waals surface area contributed by atoms with E-state index < -0.39 is 5.54 Å². The van der Waals surface area contributed by atoms with Gasteiger partial charge in [0, 0.05) is 32.3 Å². The number of Topliss-reactive ketones (excluding diaryl/α,β-unsaturated/α-hetero) is 1. The molecule has 3 unspecified atom stereocenters. The van der Waals surface area contributed by atoms with E-state index in [4.69, 9.17) is 11.6 Å². The van der Waals surface area contributed by atoms with Crippen LogP contribution in [0.25, 0.3) is 0 Å². The van der Waals surface area contributed by atoms with Gasteiger partial charge in [-0.1, -0.05) is 56.6 Å². The molecule has 3 aliphatic rings. The number of carbonyl (C=O) groups excluding carboxylic acids is 1. The molecule has 4 nitrogen and oxygen atoms in total. The fourth-order valence-electron chi connectivity index (χ4n) is 4.80. The average Bonchev–Trinajstić information content (AvgIpc) is 2.91. The van der Waals surface area contributed by atoms with Crippen molar-refractivity contribution in [3.05, 3.63) is 46.7 Å². The van der Waals surface area contributed by atoms with Crippen molar-refractivity contribution in [2.45, 2.75) is 63.2 Å². The van der Waals surface area contributed by atoms with Gasteiger partial charge in [-0.05, 0) is 29.4 Å². The lowest BCUT2D eigenvalue weighted by molar-refractivity contribution is -0.133. The SMILES string of the molecule is CN1C=C(Cl)N2C(c3ccc(C(C)(C)C)cc3)NC3CCCC(=O)C32C1. The molecule has 1 aliphatic carbocycles. The summed E-state index contributed by atoms with van der Waals surface area (Å²) in [6, 6.07) is 8.88. The zero-order chi connectivity index (χ0) is 18.7. The molecule has 140 valence electrons. The van der Waals surface area contributed by atoms with Crippen LogP contribution in [0, 0.1) is 0 Å². The normalized spacial score (nSPS) is 31.6. The molecule has 1 aromatic carbocycles. The molecule has 3 atom stereocenters. The van der Waals surface area contributed by atoms with Crippen molar-refractivity contribution in [2.75, 3.05) is 13.6 Å². The van der Waals surface area contributed by atoms with Crippen molar-refractivity contribution in [2.24, 2.45) is 0 Å². The first-order valence-electron chi connectivity index (χ1n) is 9.50. The van der Waals surface area contributed by atoms with Gasteiger partial charge in [0.15, 0.2) is 5.78 Å². The predicted octanol–water partition coefficient (Wildman–Crippen LogP) is 3.73. The van der Waals surface area contributed by atoms with Crippen LogP contribution in [0.5, 0.6) is 0 Å². The van der Waals surface area contributed by atoms with Crippen molar-refractivity contribution in [1.29, 1.82) is 0 Å². The lowest BCUT2D eigenvalue weighted by atomic mass is 9.75. The summed E-state index contributed by atoms with van der Waals surface area (Å²) in [5.74, 6) is 0.313. The summed E-state index contributed by atoms with van der Waals surface area (Å²) in [5, 5.41) is 4.38. The monoisotopic (exact) mass is 373 g/mol. The van der Waals surface area contributed by atoms with Gasteiger partial charge >= 0.3 is 0 Å². The Balaban J connectivity index is 1.76.